The van der Waals surface area contributed by atoms with Crippen LogP contribution in [0.25, 0.3) is 10.9 Å². The maximum absolute atomic E-state index is 8.00. The van der Waals surface area contributed by atoms with Gasteiger partial charge in [-0.1, -0.05) is 0 Å². The van der Waals surface area contributed by atoms with E-state index in [1.807, 2.05) is 6.07 Å². The predicted molar refractivity (Wildman–Crippen MR) is 52.8 cm³/mol. The van der Waals surface area contributed by atoms with E-state index in [2.05, 4.69) is 29.4 Å². The van der Waals surface area contributed by atoms with E-state index < -0.39 is 0 Å². The second-order valence-electron chi connectivity index (χ2n) is 2.32. The van der Waals surface area contributed by atoms with Crippen LogP contribution in [0.2, 0.25) is 0 Å². The van der Waals surface area contributed by atoms with Crippen LogP contribution in [0.1, 0.15) is 0 Å². The molecule has 0 atom stereocenters. The van der Waals surface area contributed by atoms with Gasteiger partial charge in [-0.15, -0.1) is 5.34 Å². The Hall–Kier alpha value is -1.04. The Bertz CT molecular complexity index is 400. The zero-order valence-electron chi connectivity index (χ0n) is 6.65. The molecule has 0 aliphatic carbocycles. The summed E-state index contributed by atoms with van der Waals surface area (Å²) in [6, 6.07) is 8.37. The monoisotopic (exact) mass is 282 g/mol. The van der Waals surface area contributed by atoms with Crippen molar-refractivity contribution >= 4 is 37.0 Å². The molecule has 0 unspecified atom stereocenters. The summed E-state index contributed by atoms with van der Waals surface area (Å²) in [6.07, 6.45) is 2.07. The standard InChI is InChI=1S/C8H6N.HNO2.Sn/c1-2-4-8-7(3-1)5-6-9-8;2-1-3;/h1-4,6,9H;(H,2,3);/p-1. The van der Waals surface area contributed by atoms with Crippen LogP contribution in [0.3, 0.4) is 0 Å². The molecule has 3 radical (unpaired) electrons. The first-order chi connectivity index (χ1) is 6.29. The van der Waals surface area contributed by atoms with E-state index in [0.29, 0.717) is 0 Å². The molecule has 0 amide bonds. The molecule has 0 spiro atoms. The molecule has 2 rings (SSSR count). The van der Waals surface area contributed by atoms with Crippen molar-refractivity contribution in [2.75, 3.05) is 0 Å². The normalized spacial score (nSPS) is 9.00. The van der Waals surface area contributed by atoms with E-state index in [9.17, 15) is 0 Å². The molecule has 1 aromatic heterocycles. The van der Waals surface area contributed by atoms with E-state index in [-0.39, 0.29) is 0 Å². The molecule has 0 fully saturated rings. The number of nitrogens with zero attached hydrogens (tertiary/aromatic N) is 1. The summed E-state index contributed by atoms with van der Waals surface area (Å²) in [5.41, 5.74) is 1.24. The van der Waals surface area contributed by atoms with E-state index in [4.69, 9.17) is 10.1 Å². The number of hydrogen-bond acceptors (Lipinski definition) is 3. The summed E-state index contributed by atoms with van der Waals surface area (Å²) in [4.78, 5) is 11.2. The Balaban J connectivity index is 0.000000251. The van der Waals surface area contributed by atoms with Crippen LogP contribution < -0.4 is 3.58 Å². The molecular weight excluding hydrogens is 275 g/mol. The van der Waals surface area contributed by atoms with Crippen molar-refractivity contribution in [2.24, 2.45) is 5.34 Å². The number of aromatic amines is 1. The van der Waals surface area contributed by atoms with Crippen molar-refractivity contribution in [2.45, 2.75) is 0 Å². The fraction of sp³-hybridized carbons (Fsp3) is 0. The SMILES string of the molecule is O=N[O-].[Sn][c]1c[nH]c2ccccc12. The van der Waals surface area contributed by atoms with Crippen molar-refractivity contribution in [1.82, 2.24) is 4.98 Å². The molecule has 5 heteroatoms. The van der Waals surface area contributed by atoms with Gasteiger partial charge in [0.2, 0.25) is 0 Å². The summed E-state index contributed by atoms with van der Waals surface area (Å²) in [6.45, 7) is 0. The van der Waals surface area contributed by atoms with Crippen LogP contribution in [0, 0.1) is 10.1 Å². The Morgan fingerprint density at radius 1 is 1.38 bits per heavy atom. The number of H-pyrrole nitrogens is 1. The topological polar surface area (TPSA) is 68.3 Å². The van der Waals surface area contributed by atoms with Crippen LogP contribution in [0.4, 0.5) is 0 Å². The Morgan fingerprint density at radius 3 is 2.62 bits per heavy atom. The first kappa shape index (κ1) is 10.0. The van der Waals surface area contributed by atoms with Crippen molar-refractivity contribution in [3.05, 3.63) is 40.6 Å². The van der Waals surface area contributed by atoms with Gasteiger partial charge in [-0.05, 0) is 0 Å². The third kappa shape index (κ3) is 2.45. The Labute approximate surface area is 88.0 Å². The molecule has 65 valence electrons. The number of nitrogens with one attached hydrogen (secondary N) is 1. The van der Waals surface area contributed by atoms with Crippen molar-refractivity contribution in [3.8, 4) is 0 Å². The first-order valence-electron chi connectivity index (χ1n) is 3.52. The van der Waals surface area contributed by atoms with Gasteiger partial charge in [-0.2, -0.15) is 0 Å². The summed E-state index contributed by atoms with van der Waals surface area (Å²) < 4.78 is 1.41. The zero-order valence-corrected chi connectivity index (χ0v) is 9.50. The van der Waals surface area contributed by atoms with Gasteiger partial charge in [0.05, 0.1) is 0 Å². The zero-order chi connectivity index (χ0) is 9.68. The molecule has 0 aliphatic rings. The molecule has 0 saturated heterocycles. The second kappa shape index (κ2) is 4.86. The fourth-order valence-electron chi connectivity index (χ4n) is 1.07. The molecule has 2 aromatic rings. The number of rotatable bonds is 0. The average Bonchev–Trinajstić information content (AvgIpc) is 2.50. The van der Waals surface area contributed by atoms with Gasteiger partial charge < -0.3 is 10.1 Å². The number of benzene rings is 1. The van der Waals surface area contributed by atoms with Gasteiger partial charge in [0, 0.05) is 0 Å². The van der Waals surface area contributed by atoms with Crippen molar-refractivity contribution in [3.63, 3.8) is 0 Å². The predicted octanol–water partition coefficient (Wildman–Crippen LogP) is 1.21. The van der Waals surface area contributed by atoms with Gasteiger partial charge >= 0.3 is 72.5 Å². The molecule has 1 N–H and O–H groups in total. The third-order valence-corrected chi connectivity index (χ3v) is 2.77. The van der Waals surface area contributed by atoms with Gasteiger partial charge in [0.25, 0.3) is 0 Å². The Morgan fingerprint density at radius 2 is 2.00 bits per heavy atom. The maximum atomic E-state index is 8.00. The van der Waals surface area contributed by atoms with Crippen molar-refractivity contribution < 1.29 is 0 Å². The van der Waals surface area contributed by atoms with Crippen LogP contribution in [-0.4, -0.2) is 27.5 Å². The summed E-state index contributed by atoms with van der Waals surface area (Å²) in [7, 11) is 0. The van der Waals surface area contributed by atoms with Crippen molar-refractivity contribution in [1.29, 1.82) is 0 Å². The number of aromatic nitrogens is 1. The molecular formula is C8H6N2O2Sn-. The van der Waals surface area contributed by atoms with Gasteiger partial charge in [0.15, 0.2) is 0 Å². The Kier molecular flexibility index (Phi) is 3.75. The third-order valence-electron chi connectivity index (χ3n) is 1.59. The summed E-state index contributed by atoms with van der Waals surface area (Å²) >= 11 is 1.47. The van der Waals surface area contributed by atoms with Gasteiger partial charge in [-0.3, -0.25) is 0 Å². The summed E-state index contributed by atoms with van der Waals surface area (Å²) in [5.74, 6) is 0. The number of para-hydroxylation sites is 1. The number of fused-ring (bicyclic) bond motifs is 1. The molecule has 13 heavy (non-hydrogen) atoms. The van der Waals surface area contributed by atoms with E-state index in [0.717, 1.165) is 5.34 Å². The minimum absolute atomic E-state index is 1.00. The van der Waals surface area contributed by atoms with E-state index >= 15 is 0 Å². The fourth-order valence-corrected chi connectivity index (χ4v) is 1.90. The van der Waals surface area contributed by atoms with E-state index in [1.165, 1.54) is 37.0 Å². The molecule has 4 nitrogen and oxygen atoms in total. The van der Waals surface area contributed by atoms with Crippen LogP contribution in [0.5, 0.6) is 0 Å². The minimum atomic E-state index is 1.00. The van der Waals surface area contributed by atoms with Gasteiger partial charge in [-0.25, -0.2) is 0 Å². The van der Waals surface area contributed by atoms with Crippen LogP contribution >= 0.6 is 0 Å². The molecule has 0 aliphatic heterocycles. The van der Waals surface area contributed by atoms with Crippen LogP contribution in [0.15, 0.2) is 35.8 Å². The van der Waals surface area contributed by atoms with E-state index in [1.54, 1.807) is 0 Å². The summed E-state index contributed by atoms with van der Waals surface area (Å²) in [5, 5.41) is 10.4. The molecule has 0 saturated carbocycles. The van der Waals surface area contributed by atoms with Gasteiger partial charge in [0.1, 0.15) is 0 Å². The molecule has 1 aromatic carbocycles. The second-order valence-corrected chi connectivity index (χ2v) is 3.86. The molecule has 0 bridgehead atoms. The molecule has 1 heterocycles. The quantitative estimate of drug-likeness (QED) is 0.448. The first-order valence-corrected chi connectivity index (χ1v) is 4.95. The number of hydrogen-bond donors (Lipinski definition) is 1. The average molecular weight is 281 g/mol. The van der Waals surface area contributed by atoms with Crippen LogP contribution in [-0.2, 0) is 0 Å².